The molecule has 0 fully saturated rings. The fourth-order valence-electron chi connectivity index (χ4n) is 1.07. The van der Waals surface area contributed by atoms with Crippen LogP contribution in [0.1, 0.15) is 6.92 Å². The molecule has 0 aliphatic rings. The van der Waals surface area contributed by atoms with Gasteiger partial charge >= 0.3 is 5.97 Å². The summed E-state index contributed by atoms with van der Waals surface area (Å²) in [7, 11) is 0. The molecule has 2 heterocycles. The Bertz CT molecular complexity index is 447. The monoisotopic (exact) mass is 177 g/mol. The number of esters is 1. The molecule has 0 spiro atoms. The Balaban J connectivity index is 2.51. The molecule has 0 N–H and O–H groups in total. The Morgan fingerprint density at radius 3 is 3.23 bits per heavy atom. The zero-order valence-electron chi connectivity index (χ0n) is 6.98. The van der Waals surface area contributed by atoms with Crippen molar-refractivity contribution in [3.63, 3.8) is 0 Å². The molecule has 0 bridgehead atoms. The summed E-state index contributed by atoms with van der Waals surface area (Å²) in [5.41, 5.74) is 1.18. The first-order chi connectivity index (χ1) is 6.27. The molecule has 0 saturated heterocycles. The third-order valence-electron chi connectivity index (χ3n) is 1.55. The van der Waals surface area contributed by atoms with Gasteiger partial charge < -0.3 is 9.15 Å². The molecule has 2 aromatic heterocycles. The van der Waals surface area contributed by atoms with Crippen molar-refractivity contribution in [2.45, 2.75) is 6.92 Å². The SMILES string of the molecule is CC(=O)Oc1coc2cccnc12. The molecule has 66 valence electrons. The van der Waals surface area contributed by atoms with Crippen molar-refractivity contribution in [3.8, 4) is 5.75 Å². The average molecular weight is 177 g/mol. The van der Waals surface area contributed by atoms with Gasteiger partial charge in [0, 0.05) is 13.1 Å². The topological polar surface area (TPSA) is 52.3 Å². The molecular formula is C9H7NO3. The van der Waals surface area contributed by atoms with Crippen molar-refractivity contribution in [2.75, 3.05) is 0 Å². The van der Waals surface area contributed by atoms with E-state index in [4.69, 9.17) is 9.15 Å². The minimum Gasteiger partial charge on any atom is -0.459 e. The fourth-order valence-corrected chi connectivity index (χ4v) is 1.07. The summed E-state index contributed by atoms with van der Waals surface area (Å²) in [5, 5.41) is 0. The molecule has 4 nitrogen and oxygen atoms in total. The fraction of sp³-hybridized carbons (Fsp3) is 0.111. The van der Waals surface area contributed by atoms with Gasteiger partial charge in [-0.25, -0.2) is 4.98 Å². The zero-order chi connectivity index (χ0) is 9.26. The van der Waals surface area contributed by atoms with Crippen LogP contribution in [0.2, 0.25) is 0 Å². The zero-order valence-corrected chi connectivity index (χ0v) is 6.98. The molecule has 0 aliphatic carbocycles. The van der Waals surface area contributed by atoms with Gasteiger partial charge in [0.1, 0.15) is 6.26 Å². The number of furan rings is 1. The highest BCUT2D eigenvalue weighted by Gasteiger charge is 2.08. The minimum absolute atomic E-state index is 0.364. The second-order valence-electron chi connectivity index (χ2n) is 2.54. The van der Waals surface area contributed by atoms with Crippen LogP contribution < -0.4 is 4.74 Å². The highest BCUT2D eigenvalue weighted by Crippen LogP contribution is 2.25. The Kier molecular flexibility index (Phi) is 1.73. The first-order valence-electron chi connectivity index (χ1n) is 3.78. The normalized spacial score (nSPS) is 10.2. The van der Waals surface area contributed by atoms with Crippen molar-refractivity contribution in [2.24, 2.45) is 0 Å². The van der Waals surface area contributed by atoms with Crippen LogP contribution in [0.15, 0.2) is 29.0 Å². The quantitative estimate of drug-likeness (QED) is 0.622. The summed E-state index contributed by atoms with van der Waals surface area (Å²) < 4.78 is 9.98. The summed E-state index contributed by atoms with van der Waals surface area (Å²) in [6, 6.07) is 3.51. The van der Waals surface area contributed by atoms with Crippen LogP contribution in [0.3, 0.4) is 0 Å². The first-order valence-corrected chi connectivity index (χ1v) is 3.78. The number of rotatable bonds is 1. The van der Waals surface area contributed by atoms with Gasteiger partial charge in [0.25, 0.3) is 0 Å². The van der Waals surface area contributed by atoms with Crippen LogP contribution in [-0.4, -0.2) is 11.0 Å². The van der Waals surface area contributed by atoms with E-state index in [1.54, 1.807) is 18.3 Å². The van der Waals surface area contributed by atoms with E-state index >= 15 is 0 Å². The Labute approximate surface area is 74.1 Å². The van der Waals surface area contributed by atoms with Gasteiger partial charge in [-0.2, -0.15) is 0 Å². The molecule has 0 atom stereocenters. The third-order valence-corrected chi connectivity index (χ3v) is 1.55. The predicted molar refractivity (Wildman–Crippen MR) is 45.3 cm³/mol. The number of hydrogen-bond donors (Lipinski definition) is 0. The van der Waals surface area contributed by atoms with Crippen molar-refractivity contribution in [1.29, 1.82) is 0 Å². The molecular weight excluding hydrogens is 170 g/mol. The van der Waals surface area contributed by atoms with Crippen LogP contribution in [0.25, 0.3) is 11.1 Å². The highest BCUT2D eigenvalue weighted by molar-refractivity contribution is 5.82. The number of fused-ring (bicyclic) bond motifs is 1. The molecule has 2 rings (SSSR count). The van der Waals surface area contributed by atoms with Crippen molar-refractivity contribution in [3.05, 3.63) is 24.6 Å². The van der Waals surface area contributed by atoms with E-state index in [-0.39, 0.29) is 5.97 Å². The maximum Gasteiger partial charge on any atom is 0.308 e. The molecule has 4 heteroatoms. The van der Waals surface area contributed by atoms with E-state index in [2.05, 4.69) is 4.98 Å². The van der Waals surface area contributed by atoms with Crippen molar-refractivity contribution in [1.82, 2.24) is 4.98 Å². The Hall–Kier alpha value is -1.84. The Morgan fingerprint density at radius 2 is 2.46 bits per heavy atom. The standard InChI is InChI=1S/C9H7NO3/c1-6(11)13-8-5-12-7-3-2-4-10-9(7)8/h2-5H,1H3. The number of carbonyl (C=O) groups excluding carboxylic acids is 1. The number of aromatic nitrogens is 1. The average Bonchev–Trinajstić information content (AvgIpc) is 2.48. The second-order valence-corrected chi connectivity index (χ2v) is 2.54. The molecule has 0 unspecified atom stereocenters. The van der Waals surface area contributed by atoms with E-state index < -0.39 is 0 Å². The van der Waals surface area contributed by atoms with Gasteiger partial charge in [0.2, 0.25) is 0 Å². The molecule has 0 aliphatic heterocycles. The van der Waals surface area contributed by atoms with Crippen LogP contribution in [0.5, 0.6) is 5.75 Å². The van der Waals surface area contributed by atoms with Gasteiger partial charge in [0.15, 0.2) is 16.8 Å². The lowest BCUT2D eigenvalue weighted by atomic mass is 10.4. The molecule has 0 amide bonds. The van der Waals surface area contributed by atoms with Crippen LogP contribution in [0, 0.1) is 0 Å². The molecule has 0 saturated carbocycles. The molecule has 2 aromatic rings. The minimum atomic E-state index is -0.381. The lowest BCUT2D eigenvalue weighted by molar-refractivity contribution is -0.131. The lowest BCUT2D eigenvalue weighted by Gasteiger charge is -1.94. The lowest BCUT2D eigenvalue weighted by Crippen LogP contribution is -2.00. The third kappa shape index (κ3) is 1.38. The van der Waals surface area contributed by atoms with Crippen molar-refractivity contribution < 1.29 is 13.9 Å². The molecule has 0 aromatic carbocycles. The smallest absolute Gasteiger partial charge is 0.308 e. The van der Waals surface area contributed by atoms with Gasteiger partial charge in [-0.3, -0.25) is 4.79 Å². The first kappa shape index (κ1) is 7.79. The summed E-state index contributed by atoms with van der Waals surface area (Å²) in [6.45, 7) is 1.34. The summed E-state index contributed by atoms with van der Waals surface area (Å²) in [4.78, 5) is 14.7. The maximum atomic E-state index is 10.7. The van der Waals surface area contributed by atoms with E-state index in [1.165, 1.54) is 13.2 Å². The van der Waals surface area contributed by atoms with Crippen LogP contribution in [-0.2, 0) is 4.79 Å². The second kappa shape index (κ2) is 2.90. The van der Waals surface area contributed by atoms with Crippen LogP contribution >= 0.6 is 0 Å². The number of ether oxygens (including phenoxy) is 1. The Morgan fingerprint density at radius 1 is 1.62 bits per heavy atom. The predicted octanol–water partition coefficient (Wildman–Crippen LogP) is 1.75. The summed E-state index contributed by atoms with van der Waals surface area (Å²) in [5.74, 6) is -0.0172. The number of nitrogens with zero attached hydrogens (tertiary/aromatic N) is 1. The summed E-state index contributed by atoms with van der Waals surface area (Å²) >= 11 is 0. The maximum absolute atomic E-state index is 10.7. The molecule has 0 radical (unpaired) electrons. The molecule has 13 heavy (non-hydrogen) atoms. The number of pyridine rings is 1. The van der Waals surface area contributed by atoms with E-state index in [0.29, 0.717) is 16.8 Å². The van der Waals surface area contributed by atoms with E-state index in [1.807, 2.05) is 0 Å². The van der Waals surface area contributed by atoms with Crippen molar-refractivity contribution >= 4 is 17.1 Å². The largest absolute Gasteiger partial charge is 0.459 e. The highest BCUT2D eigenvalue weighted by atomic mass is 16.5. The van der Waals surface area contributed by atoms with Crippen LogP contribution in [0.4, 0.5) is 0 Å². The van der Waals surface area contributed by atoms with Gasteiger partial charge in [-0.05, 0) is 12.1 Å². The number of carbonyl (C=O) groups is 1. The number of hydrogen-bond acceptors (Lipinski definition) is 4. The van der Waals surface area contributed by atoms with Gasteiger partial charge in [-0.1, -0.05) is 0 Å². The van der Waals surface area contributed by atoms with E-state index in [9.17, 15) is 4.79 Å². The summed E-state index contributed by atoms with van der Waals surface area (Å²) in [6.07, 6.45) is 2.99. The van der Waals surface area contributed by atoms with E-state index in [0.717, 1.165) is 0 Å². The van der Waals surface area contributed by atoms with Gasteiger partial charge in [-0.15, -0.1) is 0 Å². The van der Waals surface area contributed by atoms with Gasteiger partial charge in [0.05, 0.1) is 0 Å².